The molecule has 1 rings (SSSR count). The van der Waals surface area contributed by atoms with Crippen LogP contribution in [0.25, 0.3) is 0 Å². The van der Waals surface area contributed by atoms with E-state index >= 15 is 0 Å². The van der Waals surface area contributed by atoms with Gasteiger partial charge in [0.05, 0.1) is 10.5 Å². The Morgan fingerprint density at radius 1 is 1.27 bits per heavy atom. The van der Waals surface area contributed by atoms with Crippen LogP contribution in [0, 0.1) is 0 Å². The normalized spacial score (nSPS) is 12.8. The van der Waals surface area contributed by atoms with Gasteiger partial charge in [-0.2, -0.15) is 21.6 Å². The van der Waals surface area contributed by atoms with Gasteiger partial charge < -0.3 is 5.73 Å². The van der Waals surface area contributed by atoms with Crippen molar-refractivity contribution in [2.45, 2.75) is 11.1 Å². The number of benzene rings is 1. The zero-order chi connectivity index (χ0) is 11.9. The molecule has 0 aromatic heterocycles. The van der Waals surface area contributed by atoms with Crippen molar-refractivity contribution in [1.29, 1.82) is 0 Å². The molecule has 0 atom stereocenters. The number of nitrogens with two attached hydrogens (primary N) is 1. The molecule has 0 fully saturated rings. The summed E-state index contributed by atoms with van der Waals surface area (Å²) in [7, 11) is -4.66. The van der Waals surface area contributed by atoms with Crippen LogP contribution in [0.2, 0.25) is 0 Å². The van der Waals surface area contributed by atoms with Crippen LogP contribution < -0.4 is 5.73 Å². The second kappa shape index (κ2) is 3.38. The number of rotatable bonds is 1. The number of nitrogen functional groups attached to an aromatic ring is 1. The highest BCUT2D eigenvalue weighted by atomic mass is 32.2. The highest BCUT2D eigenvalue weighted by Crippen LogP contribution is 2.34. The van der Waals surface area contributed by atoms with Gasteiger partial charge in [0.25, 0.3) is 10.1 Å². The van der Waals surface area contributed by atoms with Crippen LogP contribution in [0.1, 0.15) is 5.56 Å². The fraction of sp³-hybridized carbons (Fsp3) is 0.143. The van der Waals surface area contributed by atoms with E-state index < -0.39 is 32.4 Å². The number of anilines is 1. The fourth-order valence-electron chi connectivity index (χ4n) is 0.941. The van der Waals surface area contributed by atoms with Crippen molar-refractivity contribution >= 4 is 15.8 Å². The lowest BCUT2D eigenvalue weighted by atomic mass is 10.2. The predicted molar refractivity (Wildman–Crippen MR) is 45.7 cm³/mol. The molecule has 15 heavy (non-hydrogen) atoms. The Balaban J connectivity index is 3.43. The number of hydrogen-bond donors (Lipinski definition) is 2. The van der Waals surface area contributed by atoms with Gasteiger partial charge in [-0.05, 0) is 18.2 Å². The molecule has 0 aliphatic heterocycles. The molecule has 8 heteroatoms. The Kier molecular flexibility index (Phi) is 2.66. The van der Waals surface area contributed by atoms with Crippen LogP contribution in [-0.2, 0) is 16.3 Å². The van der Waals surface area contributed by atoms with E-state index in [1.54, 1.807) is 0 Å². The fourth-order valence-corrected chi connectivity index (χ4v) is 1.45. The Morgan fingerprint density at radius 2 is 1.80 bits per heavy atom. The van der Waals surface area contributed by atoms with E-state index in [-0.39, 0.29) is 6.07 Å². The summed E-state index contributed by atoms with van der Waals surface area (Å²) in [4.78, 5) is -0.843. The third-order valence-corrected chi connectivity index (χ3v) is 2.48. The molecule has 0 unspecified atom stereocenters. The highest BCUT2D eigenvalue weighted by molar-refractivity contribution is 7.85. The van der Waals surface area contributed by atoms with E-state index in [0.717, 1.165) is 12.1 Å². The first-order valence-electron chi connectivity index (χ1n) is 3.56. The van der Waals surface area contributed by atoms with Gasteiger partial charge in [0, 0.05) is 5.69 Å². The van der Waals surface area contributed by atoms with Gasteiger partial charge >= 0.3 is 6.18 Å². The van der Waals surface area contributed by atoms with Crippen LogP contribution in [0.4, 0.5) is 18.9 Å². The first-order valence-corrected chi connectivity index (χ1v) is 5.00. The summed E-state index contributed by atoms with van der Waals surface area (Å²) in [6.07, 6.45) is -4.76. The van der Waals surface area contributed by atoms with Gasteiger partial charge in [-0.1, -0.05) is 0 Å². The molecular weight excluding hydrogens is 235 g/mol. The van der Waals surface area contributed by atoms with Gasteiger partial charge in [0.15, 0.2) is 0 Å². The molecule has 1 aromatic carbocycles. The molecular formula is C7H6F3NO3S. The lowest BCUT2D eigenvalue weighted by Crippen LogP contribution is -2.10. The zero-order valence-electron chi connectivity index (χ0n) is 7.12. The molecule has 0 spiro atoms. The Labute approximate surface area is 83.3 Å². The number of hydrogen-bond acceptors (Lipinski definition) is 3. The minimum atomic E-state index is -4.76. The molecule has 0 aliphatic carbocycles. The average Bonchev–Trinajstić information content (AvgIpc) is 2.00. The summed E-state index contributed by atoms with van der Waals surface area (Å²) in [5.74, 6) is 0. The highest BCUT2D eigenvalue weighted by Gasteiger charge is 2.34. The Morgan fingerprint density at radius 3 is 2.20 bits per heavy atom. The summed E-state index contributed by atoms with van der Waals surface area (Å²) in [6.45, 7) is 0. The van der Waals surface area contributed by atoms with Crippen LogP contribution in [0.15, 0.2) is 23.1 Å². The van der Waals surface area contributed by atoms with E-state index in [0.29, 0.717) is 0 Å². The third kappa shape index (κ3) is 2.60. The smallest absolute Gasteiger partial charge is 0.398 e. The van der Waals surface area contributed by atoms with Crippen molar-refractivity contribution < 1.29 is 26.1 Å². The summed E-state index contributed by atoms with van der Waals surface area (Å²) in [5.41, 5.74) is 3.13. The van der Waals surface area contributed by atoms with Crippen LogP contribution in [-0.4, -0.2) is 13.0 Å². The lowest BCUT2D eigenvalue weighted by molar-refractivity contribution is -0.137. The second-order valence-electron chi connectivity index (χ2n) is 2.72. The third-order valence-electron chi connectivity index (χ3n) is 1.63. The van der Waals surface area contributed by atoms with Crippen molar-refractivity contribution in [3.8, 4) is 0 Å². The Hall–Kier alpha value is -1.28. The molecule has 0 saturated carbocycles. The maximum absolute atomic E-state index is 12.3. The SMILES string of the molecule is Nc1ccc(S(=O)(=O)O)cc1C(F)(F)F. The van der Waals surface area contributed by atoms with Gasteiger partial charge in [0.2, 0.25) is 0 Å². The molecule has 0 heterocycles. The van der Waals surface area contributed by atoms with E-state index in [1.807, 2.05) is 0 Å². The second-order valence-corrected chi connectivity index (χ2v) is 4.14. The van der Waals surface area contributed by atoms with Gasteiger partial charge in [0.1, 0.15) is 0 Å². The first-order chi connectivity index (χ1) is 6.62. The van der Waals surface area contributed by atoms with Crippen molar-refractivity contribution in [3.05, 3.63) is 23.8 Å². The van der Waals surface area contributed by atoms with Crippen LogP contribution in [0.3, 0.4) is 0 Å². The predicted octanol–water partition coefficient (Wildman–Crippen LogP) is 1.53. The molecule has 0 amide bonds. The topological polar surface area (TPSA) is 80.4 Å². The van der Waals surface area contributed by atoms with E-state index in [2.05, 4.69) is 0 Å². The number of halogens is 3. The summed E-state index contributed by atoms with van der Waals surface area (Å²) in [6, 6.07) is 1.84. The van der Waals surface area contributed by atoms with Crippen LogP contribution in [0.5, 0.6) is 0 Å². The minimum absolute atomic E-state index is 0.282. The van der Waals surface area contributed by atoms with Crippen molar-refractivity contribution in [3.63, 3.8) is 0 Å². The zero-order valence-corrected chi connectivity index (χ0v) is 7.93. The molecule has 1 aromatic rings. The summed E-state index contributed by atoms with van der Waals surface area (Å²) < 4.78 is 66.5. The van der Waals surface area contributed by atoms with Gasteiger partial charge in [-0.15, -0.1) is 0 Å². The van der Waals surface area contributed by atoms with Crippen LogP contribution >= 0.6 is 0 Å². The average molecular weight is 241 g/mol. The first kappa shape index (κ1) is 11.8. The minimum Gasteiger partial charge on any atom is -0.398 e. The summed E-state index contributed by atoms with van der Waals surface area (Å²) in [5, 5.41) is 0. The van der Waals surface area contributed by atoms with E-state index in [1.165, 1.54) is 0 Å². The van der Waals surface area contributed by atoms with Gasteiger partial charge in [-0.3, -0.25) is 4.55 Å². The van der Waals surface area contributed by atoms with E-state index in [4.69, 9.17) is 10.3 Å². The lowest BCUT2D eigenvalue weighted by Gasteiger charge is -2.10. The van der Waals surface area contributed by atoms with Crippen molar-refractivity contribution in [2.75, 3.05) is 5.73 Å². The van der Waals surface area contributed by atoms with E-state index in [9.17, 15) is 21.6 Å². The van der Waals surface area contributed by atoms with Crippen molar-refractivity contribution in [2.24, 2.45) is 0 Å². The molecule has 3 N–H and O–H groups in total. The molecule has 4 nitrogen and oxygen atoms in total. The summed E-state index contributed by atoms with van der Waals surface area (Å²) >= 11 is 0. The van der Waals surface area contributed by atoms with Gasteiger partial charge in [-0.25, -0.2) is 0 Å². The maximum Gasteiger partial charge on any atom is 0.418 e. The number of alkyl halides is 3. The maximum atomic E-state index is 12.3. The molecule has 84 valence electrons. The largest absolute Gasteiger partial charge is 0.418 e. The Bertz CT molecular complexity index is 481. The standard InChI is InChI=1S/C7H6F3NO3S/c8-7(9,10)5-3-4(15(12,13)14)1-2-6(5)11/h1-3H,11H2,(H,12,13,14). The molecule has 0 bridgehead atoms. The molecule has 0 saturated heterocycles. The van der Waals surface area contributed by atoms with Crippen molar-refractivity contribution in [1.82, 2.24) is 0 Å². The molecule has 0 aliphatic rings. The quantitative estimate of drug-likeness (QED) is 0.577. The monoisotopic (exact) mass is 241 g/mol. The molecule has 0 radical (unpaired) electrons.